The van der Waals surface area contributed by atoms with E-state index in [9.17, 15) is 4.79 Å². The van der Waals surface area contributed by atoms with Gasteiger partial charge in [0.1, 0.15) is 4.87 Å². The van der Waals surface area contributed by atoms with Crippen LogP contribution in [0.4, 0.5) is 0 Å². The van der Waals surface area contributed by atoms with Gasteiger partial charge in [-0.2, -0.15) is 0 Å². The Bertz CT molecular complexity index is 604. The summed E-state index contributed by atoms with van der Waals surface area (Å²) in [7, 11) is 0. The van der Waals surface area contributed by atoms with Crippen LogP contribution < -0.4 is 0 Å². The van der Waals surface area contributed by atoms with Crippen LogP contribution >= 0.6 is 11.6 Å². The van der Waals surface area contributed by atoms with Crippen LogP contribution in [0.3, 0.4) is 0 Å². The van der Waals surface area contributed by atoms with E-state index in [1.807, 2.05) is 43.3 Å². The minimum atomic E-state index is -0.818. The van der Waals surface area contributed by atoms with Crippen molar-refractivity contribution in [1.29, 1.82) is 0 Å². The topological polar surface area (TPSA) is 17.1 Å². The van der Waals surface area contributed by atoms with E-state index >= 15 is 0 Å². The van der Waals surface area contributed by atoms with E-state index in [-0.39, 0.29) is 17.6 Å². The quantitative estimate of drug-likeness (QED) is 0.741. The Hall–Kier alpha value is -1.60. The molecule has 2 aromatic carbocycles. The lowest BCUT2D eigenvalue weighted by Crippen LogP contribution is -2.29. The Labute approximate surface area is 124 Å². The van der Waals surface area contributed by atoms with Gasteiger partial charge in [0.15, 0.2) is 5.78 Å². The molecule has 3 rings (SSSR count). The highest BCUT2D eigenvalue weighted by molar-refractivity contribution is 6.36. The van der Waals surface area contributed by atoms with Crippen LogP contribution in [0.15, 0.2) is 60.7 Å². The van der Waals surface area contributed by atoms with E-state index in [1.165, 1.54) is 5.56 Å². The highest BCUT2D eigenvalue weighted by atomic mass is 35.5. The van der Waals surface area contributed by atoms with Crippen molar-refractivity contribution in [3.63, 3.8) is 0 Å². The Morgan fingerprint density at radius 3 is 2.00 bits per heavy atom. The molecule has 0 N–H and O–H groups in total. The van der Waals surface area contributed by atoms with Crippen molar-refractivity contribution in [3.05, 3.63) is 71.8 Å². The van der Waals surface area contributed by atoms with Gasteiger partial charge in [-0.15, -0.1) is 11.6 Å². The van der Waals surface area contributed by atoms with Crippen molar-refractivity contribution in [2.24, 2.45) is 0 Å². The van der Waals surface area contributed by atoms with Gasteiger partial charge < -0.3 is 0 Å². The van der Waals surface area contributed by atoms with Crippen LogP contribution in [0.25, 0.3) is 0 Å². The van der Waals surface area contributed by atoms with Gasteiger partial charge in [0, 0.05) is 12.3 Å². The van der Waals surface area contributed by atoms with Gasteiger partial charge in [0.2, 0.25) is 0 Å². The van der Waals surface area contributed by atoms with Gasteiger partial charge in [0.25, 0.3) is 0 Å². The first-order valence-corrected chi connectivity index (χ1v) is 7.30. The summed E-state index contributed by atoms with van der Waals surface area (Å²) in [5, 5.41) is 0. The minimum absolute atomic E-state index is 0.0280. The molecule has 0 aromatic heterocycles. The van der Waals surface area contributed by atoms with Crippen LogP contribution in [0.2, 0.25) is 0 Å². The Kier molecular flexibility index (Phi) is 3.39. The number of benzene rings is 2. The fourth-order valence-corrected chi connectivity index (χ4v) is 3.64. The Morgan fingerprint density at radius 1 is 0.950 bits per heavy atom. The third-order valence-corrected chi connectivity index (χ3v) is 4.77. The molecule has 0 radical (unpaired) electrons. The molecule has 1 saturated carbocycles. The molecule has 0 unspecified atom stereocenters. The zero-order valence-electron chi connectivity index (χ0n) is 11.4. The molecule has 1 aliphatic carbocycles. The van der Waals surface area contributed by atoms with Crippen molar-refractivity contribution in [2.75, 3.05) is 0 Å². The molecular weight excluding hydrogens is 268 g/mol. The monoisotopic (exact) mass is 284 g/mol. The fourth-order valence-electron chi connectivity index (χ4n) is 3.28. The van der Waals surface area contributed by atoms with Crippen molar-refractivity contribution in [3.8, 4) is 0 Å². The summed E-state index contributed by atoms with van der Waals surface area (Å²) in [5.74, 6) is 0.329. The van der Waals surface area contributed by atoms with Crippen LogP contribution in [0, 0.1) is 0 Å². The van der Waals surface area contributed by atoms with Gasteiger partial charge in [-0.1, -0.05) is 60.7 Å². The molecule has 0 saturated heterocycles. The third kappa shape index (κ3) is 2.16. The number of rotatable bonds is 2. The van der Waals surface area contributed by atoms with Gasteiger partial charge in [0.05, 0.1) is 0 Å². The molecule has 0 spiro atoms. The molecule has 2 heteroatoms. The smallest absolute Gasteiger partial charge is 0.154 e. The minimum Gasteiger partial charge on any atom is -0.298 e. The molecular formula is C18H17ClO. The van der Waals surface area contributed by atoms with E-state index in [1.54, 1.807) is 0 Å². The van der Waals surface area contributed by atoms with E-state index < -0.39 is 4.87 Å². The number of Topliss-reactive ketones (excluding diaryl/α,β-unsaturated/α-hetero) is 1. The summed E-state index contributed by atoms with van der Waals surface area (Å²) >= 11 is 6.61. The first-order valence-electron chi connectivity index (χ1n) is 6.93. The first kappa shape index (κ1) is 13.4. The van der Waals surface area contributed by atoms with Crippen molar-refractivity contribution < 1.29 is 4.79 Å². The summed E-state index contributed by atoms with van der Waals surface area (Å²) in [6, 6.07) is 20.4. The maximum Gasteiger partial charge on any atom is 0.154 e. The second-order valence-electron chi connectivity index (χ2n) is 5.61. The zero-order chi connectivity index (χ0) is 14.2. The van der Waals surface area contributed by atoms with E-state index in [4.69, 9.17) is 11.6 Å². The number of halogens is 1. The number of alkyl halides is 1. The average molecular weight is 285 g/mol. The van der Waals surface area contributed by atoms with Gasteiger partial charge in [-0.25, -0.2) is 0 Å². The average Bonchev–Trinajstić information content (AvgIpc) is 2.71. The van der Waals surface area contributed by atoms with Gasteiger partial charge in [-0.05, 0) is 24.0 Å². The molecule has 0 amide bonds. The van der Waals surface area contributed by atoms with Gasteiger partial charge in [-0.3, -0.25) is 4.79 Å². The molecule has 1 nitrogen and oxygen atoms in total. The second kappa shape index (κ2) is 5.06. The van der Waals surface area contributed by atoms with E-state index in [0.717, 1.165) is 5.56 Å². The highest BCUT2D eigenvalue weighted by Gasteiger charge is 2.51. The molecule has 0 heterocycles. The zero-order valence-corrected chi connectivity index (χ0v) is 12.2. The largest absolute Gasteiger partial charge is 0.298 e. The standard InChI is InChI=1S/C18H17ClO/c1-18(19)16(20)12-15(13-8-4-2-5-9-13)17(18)14-10-6-3-7-11-14/h2-11,15,17H,12H2,1H3/t15-,17+,18+/m1/s1. The maximum absolute atomic E-state index is 12.3. The molecule has 1 aliphatic rings. The van der Waals surface area contributed by atoms with Gasteiger partial charge >= 0.3 is 0 Å². The third-order valence-electron chi connectivity index (χ3n) is 4.32. The molecule has 0 aliphatic heterocycles. The van der Waals surface area contributed by atoms with Crippen molar-refractivity contribution in [2.45, 2.75) is 30.1 Å². The molecule has 3 atom stereocenters. The number of hydrogen-bond acceptors (Lipinski definition) is 1. The summed E-state index contributed by atoms with van der Waals surface area (Å²) in [5.41, 5.74) is 2.34. The summed E-state index contributed by atoms with van der Waals surface area (Å²) in [6.07, 6.45) is 0.517. The van der Waals surface area contributed by atoms with Crippen LogP contribution in [0.5, 0.6) is 0 Å². The number of carbonyl (C=O) groups excluding carboxylic acids is 1. The summed E-state index contributed by atoms with van der Waals surface area (Å²) < 4.78 is 0. The number of ketones is 1. The Morgan fingerprint density at radius 2 is 1.45 bits per heavy atom. The molecule has 102 valence electrons. The number of carbonyl (C=O) groups is 1. The Balaban J connectivity index is 2.08. The lowest BCUT2D eigenvalue weighted by molar-refractivity contribution is -0.119. The van der Waals surface area contributed by atoms with E-state index in [0.29, 0.717) is 6.42 Å². The van der Waals surface area contributed by atoms with Crippen molar-refractivity contribution in [1.82, 2.24) is 0 Å². The van der Waals surface area contributed by atoms with Crippen LogP contribution in [0.1, 0.15) is 36.3 Å². The second-order valence-corrected chi connectivity index (χ2v) is 6.39. The predicted octanol–water partition coefficient (Wildman–Crippen LogP) is 4.52. The highest BCUT2D eigenvalue weighted by Crippen LogP contribution is 2.52. The molecule has 0 bridgehead atoms. The first-order chi connectivity index (χ1) is 9.60. The predicted molar refractivity (Wildman–Crippen MR) is 82.2 cm³/mol. The normalized spacial score (nSPS) is 29.6. The number of hydrogen-bond donors (Lipinski definition) is 0. The molecule has 1 fully saturated rings. The molecule has 20 heavy (non-hydrogen) atoms. The fraction of sp³-hybridized carbons (Fsp3) is 0.278. The summed E-state index contributed by atoms with van der Waals surface area (Å²) in [6.45, 7) is 1.86. The lowest BCUT2D eigenvalue weighted by atomic mass is 9.80. The van der Waals surface area contributed by atoms with Crippen LogP contribution in [-0.2, 0) is 4.79 Å². The SMILES string of the molecule is C[C@]1(Cl)C(=O)C[C@H](c2ccccc2)[C@@H]1c1ccccc1. The maximum atomic E-state index is 12.3. The van der Waals surface area contributed by atoms with Crippen molar-refractivity contribution >= 4 is 17.4 Å². The van der Waals surface area contributed by atoms with Crippen LogP contribution in [-0.4, -0.2) is 10.7 Å². The lowest BCUT2D eigenvalue weighted by Gasteiger charge is -2.28. The van der Waals surface area contributed by atoms with E-state index in [2.05, 4.69) is 24.3 Å². The summed E-state index contributed by atoms with van der Waals surface area (Å²) in [4.78, 5) is 11.5. The molecule has 2 aromatic rings.